The van der Waals surface area contributed by atoms with E-state index in [1.54, 1.807) is 30.3 Å². The van der Waals surface area contributed by atoms with Crippen LogP contribution in [-0.4, -0.2) is 69.3 Å². The smallest absolute Gasteiger partial charge is 0.407 e. The van der Waals surface area contributed by atoms with Gasteiger partial charge in [0.05, 0.1) is 54.9 Å². The summed E-state index contributed by atoms with van der Waals surface area (Å²) in [6, 6.07) is 19.0. The number of aliphatic hydroxyl groups is 1. The monoisotopic (exact) mass is 739 g/mol. The number of aryl methyl sites for hydroxylation is 1. The molecule has 3 amide bonds. The molecule has 54 heavy (non-hydrogen) atoms. The third-order valence-corrected chi connectivity index (χ3v) is 8.75. The van der Waals surface area contributed by atoms with Crippen molar-refractivity contribution in [2.24, 2.45) is 0 Å². The molecule has 0 spiro atoms. The highest BCUT2D eigenvalue weighted by Gasteiger charge is 2.35. The van der Waals surface area contributed by atoms with E-state index in [0.717, 1.165) is 5.56 Å². The number of methoxy groups -OCH3 is 1. The number of oxazole rings is 2. The Morgan fingerprint density at radius 2 is 1.69 bits per heavy atom. The number of hydrogen-bond donors (Lipinski definition) is 4. The zero-order valence-corrected chi connectivity index (χ0v) is 30.6. The Bertz CT molecular complexity index is 1970. The zero-order chi connectivity index (χ0) is 38.6. The first-order chi connectivity index (χ1) is 26.0. The van der Waals surface area contributed by atoms with E-state index in [9.17, 15) is 24.6 Å². The summed E-state index contributed by atoms with van der Waals surface area (Å²) in [6.45, 7) is 3.69. The Kier molecular flexibility index (Phi) is 13.4. The van der Waals surface area contributed by atoms with Gasteiger partial charge in [-0.1, -0.05) is 74.5 Å². The number of carbonyl (C=O) groups excluding carboxylic acids is 3. The van der Waals surface area contributed by atoms with E-state index < -0.39 is 36.1 Å². The third kappa shape index (κ3) is 10.0. The van der Waals surface area contributed by atoms with Gasteiger partial charge in [-0.05, 0) is 42.5 Å². The van der Waals surface area contributed by atoms with Gasteiger partial charge in [0.1, 0.15) is 6.26 Å². The summed E-state index contributed by atoms with van der Waals surface area (Å²) in [5.74, 6) is -1.06. The molecule has 5 rings (SSSR count). The number of alkyl carbamates (subject to hydrolysis) is 1. The lowest BCUT2D eigenvalue weighted by atomic mass is 9.91. The van der Waals surface area contributed by atoms with Crippen molar-refractivity contribution in [1.82, 2.24) is 25.5 Å². The Morgan fingerprint density at radius 1 is 0.963 bits per heavy atom. The van der Waals surface area contributed by atoms with Gasteiger partial charge in [-0.3, -0.25) is 9.59 Å². The molecule has 284 valence electrons. The molecule has 4 N–H and O–H groups in total. The Labute approximate surface area is 313 Å². The second-order valence-electron chi connectivity index (χ2n) is 13.1. The van der Waals surface area contributed by atoms with Crippen LogP contribution in [0.3, 0.4) is 0 Å². The minimum absolute atomic E-state index is 0.0367. The fraction of sp³-hybridized carbons (Fsp3) is 0.325. The zero-order valence-electron chi connectivity index (χ0n) is 30.6. The van der Waals surface area contributed by atoms with Crippen LogP contribution in [0, 0.1) is 0 Å². The Hall–Kier alpha value is -6.15. The number of nitrogens with zero attached hydrogens (tertiary/aromatic N) is 3. The summed E-state index contributed by atoms with van der Waals surface area (Å²) in [4.78, 5) is 51.3. The van der Waals surface area contributed by atoms with Crippen LogP contribution in [0.2, 0.25) is 0 Å². The van der Waals surface area contributed by atoms with Crippen molar-refractivity contribution in [3.8, 4) is 11.5 Å². The van der Waals surface area contributed by atoms with Gasteiger partial charge in [-0.15, -0.1) is 0 Å². The third-order valence-electron chi connectivity index (χ3n) is 8.75. The largest absolute Gasteiger partial charge is 0.504 e. The fourth-order valence-electron chi connectivity index (χ4n) is 5.97. The fourth-order valence-corrected chi connectivity index (χ4v) is 5.97. The maximum Gasteiger partial charge on any atom is 0.407 e. The molecule has 2 heterocycles. The molecule has 5 aromatic rings. The molecule has 14 heteroatoms. The average Bonchev–Trinajstić information content (AvgIpc) is 3.88. The van der Waals surface area contributed by atoms with Gasteiger partial charge in [0.25, 0.3) is 11.8 Å². The summed E-state index contributed by atoms with van der Waals surface area (Å²) in [7, 11) is 2.81. The van der Waals surface area contributed by atoms with Crippen molar-refractivity contribution in [3.63, 3.8) is 0 Å². The highest BCUT2D eigenvalue weighted by molar-refractivity contribution is 6.09. The molecule has 0 aliphatic rings. The predicted octanol–water partition coefficient (Wildman–Crippen LogP) is 5.92. The number of aromatic hydroxyl groups is 1. The summed E-state index contributed by atoms with van der Waals surface area (Å²) in [5.41, 5.74) is 1.82. The first-order valence-corrected chi connectivity index (χ1v) is 17.5. The number of amides is 3. The Morgan fingerprint density at radius 3 is 2.33 bits per heavy atom. The lowest BCUT2D eigenvalue weighted by molar-refractivity contribution is 0.0712. The van der Waals surface area contributed by atoms with Crippen molar-refractivity contribution in [2.45, 2.75) is 70.4 Å². The number of rotatable bonds is 17. The van der Waals surface area contributed by atoms with Gasteiger partial charge < -0.3 is 44.1 Å². The van der Waals surface area contributed by atoms with Crippen LogP contribution in [0.15, 0.2) is 100 Å². The van der Waals surface area contributed by atoms with Crippen LogP contribution in [0.25, 0.3) is 0 Å². The normalized spacial score (nSPS) is 12.8. The number of hydrogen-bond acceptors (Lipinski definition) is 11. The number of ether oxygens (including phenoxy) is 2. The second kappa shape index (κ2) is 18.6. The standard InChI is InChI=1S/C40H45N5O9/c1-25(2)38-42-28(22-52-38)21-45(3)39(49)33-30(18-19-32(47)36(33)51-4)37(48)43-34(27-15-9-6-10-16-27)35(44-40(50)53-23-29-20-41-24-54-29)31(46)17-11-14-26-12-7-5-8-13-26/h5-10,12-13,15-16,18-20,22,24-25,31,34-35,46-47H,11,14,17,21,23H2,1-4H3,(H,43,48)(H,44,50). The SMILES string of the molecule is COc1c(O)ccc(C(=O)NC(c2ccccc2)C(NC(=O)OCc2cnco2)C(O)CCCc2ccccc2)c1C(=O)N(C)Cc1coc(C(C)C)n1. The minimum Gasteiger partial charge on any atom is -0.504 e. The van der Waals surface area contributed by atoms with Crippen molar-refractivity contribution < 1.29 is 42.9 Å². The van der Waals surface area contributed by atoms with Crippen LogP contribution < -0.4 is 15.4 Å². The number of phenols is 1. The van der Waals surface area contributed by atoms with Crippen LogP contribution in [0.4, 0.5) is 4.79 Å². The minimum atomic E-state index is -1.17. The van der Waals surface area contributed by atoms with Crippen LogP contribution in [-0.2, 0) is 24.3 Å². The van der Waals surface area contributed by atoms with Crippen molar-refractivity contribution in [2.75, 3.05) is 14.2 Å². The van der Waals surface area contributed by atoms with E-state index in [0.29, 0.717) is 35.7 Å². The molecule has 0 aliphatic heterocycles. The van der Waals surface area contributed by atoms with E-state index in [4.69, 9.17) is 18.3 Å². The molecule has 3 atom stereocenters. The average molecular weight is 740 g/mol. The molecule has 0 fully saturated rings. The summed E-state index contributed by atoms with van der Waals surface area (Å²) < 4.78 is 21.5. The molecular weight excluding hydrogens is 694 g/mol. The number of nitrogens with one attached hydrogen (secondary N) is 2. The summed E-state index contributed by atoms with van der Waals surface area (Å²) in [6.07, 6.45) is 3.53. The van der Waals surface area contributed by atoms with Gasteiger partial charge in [-0.2, -0.15) is 0 Å². The van der Waals surface area contributed by atoms with Crippen LogP contribution >= 0.6 is 0 Å². The van der Waals surface area contributed by atoms with Crippen LogP contribution in [0.5, 0.6) is 11.5 Å². The summed E-state index contributed by atoms with van der Waals surface area (Å²) in [5, 5.41) is 28.2. The first kappa shape index (κ1) is 39.1. The van der Waals surface area contributed by atoms with E-state index in [-0.39, 0.29) is 48.1 Å². The molecule has 0 bridgehead atoms. The topological polar surface area (TPSA) is 189 Å². The van der Waals surface area contributed by atoms with Crippen molar-refractivity contribution in [3.05, 3.63) is 131 Å². The molecule has 14 nitrogen and oxygen atoms in total. The van der Waals surface area contributed by atoms with Gasteiger partial charge in [0.15, 0.2) is 36.2 Å². The van der Waals surface area contributed by atoms with E-state index >= 15 is 0 Å². The maximum absolute atomic E-state index is 14.4. The Balaban J connectivity index is 1.45. The van der Waals surface area contributed by atoms with Gasteiger partial charge in [0, 0.05) is 13.0 Å². The molecule has 0 radical (unpaired) electrons. The van der Waals surface area contributed by atoms with Crippen molar-refractivity contribution in [1.29, 1.82) is 0 Å². The molecule has 0 saturated heterocycles. The first-order valence-electron chi connectivity index (χ1n) is 17.5. The molecule has 2 aromatic heterocycles. The highest BCUT2D eigenvalue weighted by atomic mass is 16.6. The van der Waals surface area contributed by atoms with E-state index in [2.05, 4.69) is 20.6 Å². The molecule has 0 saturated carbocycles. The molecule has 0 aliphatic carbocycles. The van der Waals surface area contributed by atoms with Gasteiger partial charge in [-0.25, -0.2) is 14.8 Å². The molecular formula is C40H45N5O9. The number of phenolic OH excluding ortho intramolecular Hbond substituents is 1. The number of aromatic nitrogens is 2. The number of aliphatic hydroxyl groups excluding tert-OH is 1. The van der Waals surface area contributed by atoms with Crippen LogP contribution in [0.1, 0.15) is 87.8 Å². The lowest BCUT2D eigenvalue weighted by Crippen LogP contribution is -2.52. The van der Waals surface area contributed by atoms with Gasteiger partial charge in [0.2, 0.25) is 0 Å². The number of benzene rings is 3. The van der Waals surface area contributed by atoms with Gasteiger partial charge >= 0.3 is 6.09 Å². The molecule has 3 aromatic carbocycles. The lowest BCUT2D eigenvalue weighted by Gasteiger charge is -2.33. The molecule has 3 unspecified atom stereocenters. The summed E-state index contributed by atoms with van der Waals surface area (Å²) >= 11 is 0. The predicted molar refractivity (Wildman–Crippen MR) is 197 cm³/mol. The van der Waals surface area contributed by atoms with Crippen molar-refractivity contribution >= 4 is 17.9 Å². The van der Waals surface area contributed by atoms with E-state index in [1.165, 1.54) is 50.0 Å². The second-order valence-corrected chi connectivity index (χ2v) is 13.1. The highest BCUT2D eigenvalue weighted by Crippen LogP contribution is 2.34. The quantitative estimate of drug-likeness (QED) is 0.0886. The number of carbonyl (C=O) groups is 3. The van der Waals surface area contributed by atoms with E-state index in [1.807, 2.05) is 44.2 Å². The maximum atomic E-state index is 14.4.